The van der Waals surface area contributed by atoms with Crippen LogP contribution >= 0.6 is 0 Å². The molecule has 0 aliphatic carbocycles. The third kappa shape index (κ3) is 3.50. The Morgan fingerprint density at radius 3 is 2.44 bits per heavy atom. The molecule has 0 saturated carbocycles. The highest BCUT2D eigenvalue weighted by atomic mass is 16.5. The molecule has 0 aliphatic heterocycles. The lowest BCUT2D eigenvalue weighted by Crippen LogP contribution is -2.32. The summed E-state index contributed by atoms with van der Waals surface area (Å²) < 4.78 is 4.64. The van der Waals surface area contributed by atoms with E-state index in [-0.39, 0.29) is 12.5 Å². The van der Waals surface area contributed by atoms with Gasteiger partial charge in [-0.15, -0.1) is 0 Å². The Labute approximate surface area is 145 Å². The molecule has 0 fully saturated rings. The van der Waals surface area contributed by atoms with Crippen LogP contribution in [0.25, 0.3) is 22.2 Å². The third-order valence-electron chi connectivity index (χ3n) is 3.96. The van der Waals surface area contributed by atoms with Gasteiger partial charge in [-0.3, -0.25) is 9.59 Å². The number of pyridine rings is 1. The van der Waals surface area contributed by atoms with E-state index in [0.29, 0.717) is 11.3 Å². The van der Waals surface area contributed by atoms with Crippen LogP contribution in [0.5, 0.6) is 0 Å². The van der Waals surface area contributed by atoms with Crippen LogP contribution in [0.4, 0.5) is 0 Å². The molecule has 1 amide bonds. The highest BCUT2D eigenvalue weighted by Gasteiger charge is 2.19. The number of likely N-dealkylation sites (N-methyl/N-ethyl adjacent to an activating group) is 1. The number of hydrogen-bond donors (Lipinski definition) is 0. The Balaban J connectivity index is 2.10. The fourth-order valence-electron chi connectivity index (χ4n) is 2.64. The number of carbonyl (C=O) groups excluding carboxylic acids is 2. The summed E-state index contributed by atoms with van der Waals surface area (Å²) in [7, 11) is 2.88. The van der Waals surface area contributed by atoms with E-state index in [9.17, 15) is 9.59 Å². The second kappa shape index (κ2) is 7.13. The second-order valence-corrected chi connectivity index (χ2v) is 5.68. The van der Waals surface area contributed by atoms with Crippen molar-refractivity contribution in [3.8, 4) is 11.3 Å². The summed E-state index contributed by atoms with van der Waals surface area (Å²) in [6.07, 6.45) is 0. The summed E-state index contributed by atoms with van der Waals surface area (Å²) in [5, 5.41) is 0.754. The van der Waals surface area contributed by atoms with Crippen LogP contribution in [0.3, 0.4) is 0 Å². The van der Waals surface area contributed by atoms with Crippen molar-refractivity contribution in [1.29, 1.82) is 0 Å². The molecule has 1 heterocycles. The van der Waals surface area contributed by atoms with Crippen LogP contribution in [-0.2, 0) is 9.53 Å². The molecule has 2 aromatic carbocycles. The minimum absolute atomic E-state index is 0.105. The molecule has 3 rings (SSSR count). The molecule has 0 aliphatic rings. The summed E-state index contributed by atoms with van der Waals surface area (Å²) in [6.45, 7) is -0.105. The van der Waals surface area contributed by atoms with Gasteiger partial charge in [0.25, 0.3) is 5.91 Å². The number of fused-ring (bicyclic) bond motifs is 1. The Kier molecular flexibility index (Phi) is 4.75. The first-order chi connectivity index (χ1) is 12.1. The maximum absolute atomic E-state index is 12.9. The van der Waals surface area contributed by atoms with Gasteiger partial charge in [0.2, 0.25) is 0 Å². The molecule has 0 atom stereocenters. The number of carbonyl (C=O) groups is 2. The van der Waals surface area contributed by atoms with Gasteiger partial charge in [-0.25, -0.2) is 4.98 Å². The van der Waals surface area contributed by atoms with Crippen LogP contribution in [0.2, 0.25) is 0 Å². The van der Waals surface area contributed by atoms with Gasteiger partial charge in [-0.05, 0) is 12.1 Å². The molecule has 0 bridgehead atoms. The molecule has 0 saturated heterocycles. The molecule has 5 nitrogen and oxygen atoms in total. The number of esters is 1. The van der Waals surface area contributed by atoms with Gasteiger partial charge >= 0.3 is 5.97 Å². The van der Waals surface area contributed by atoms with E-state index in [1.165, 1.54) is 12.0 Å². The molecular formula is C20H18N2O3. The zero-order valence-electron chi connectivity index (χ0n) is 14.1. The normalized spacial score (nSPS) is 10.5. The van der Waals surface area contributed by atoms with E-state index in [4.69, 9.17) is 0 Å². The Bertz CT molecular complexity index is 923. The molecule has 0 spiro atoms. The number of methoxy groups -OCH3 is 1. The highest BCUT2D eigenvalue weighted by molar-refractivity contribution is 6.07. The zero-order valence-corrected chi connectivity index (χ0v) is 14.1. The van der Waals surface area contributed by atoms with Crippen molar-refractivity contribution in [3.63, 3.8) is 0 Å². The number of ether oxygens (including phenoxy) is 1. The summed E-state index contributed by atoms with van der Waals surface area (Å²) in [6, 6.07) is 18.9. The van der Waals surface area contributed by atoms with Gasteiger partial charge in [0.05, 0.1) is 23.9 Å². The van der Waals surface area contributed by atoms with Crippen molar-refractivity contribution >= 4 is 22.8 Å². The lowest BCUT2D eigenvalue weighted by atomic mass is 10.0. The van der Waals surface area contributed by atoms with Gasteiger partial charge in [0, 0.05) is 18.0 Å². The summed E-state index contributed by atoms with van der Waals surface area (Å²) >= 11 is 0. The summed E-state index contributed by atoms with van der Waals surface area (Å²) in [4.78, 5) is 30.4. The van der Waals surface area contributed by atoms with Gasteiger partial charge in [-0.1, -0.05) is 48.5 Å². The molecule has 25 heavy (non-hydrogen) atoms. The zero-order chi connectivity index (χ0) is 17.8. The van der Waals surface area contributed by atoms with Crippen molar-refractivity contribution in [2.45, 2.75) is 0 Å². The predicted octanol–water partition coefficient (Wildman–Crippen LogP) is 3.15. The van der Waals surface area contributed by atoms with E-state index in [0.717, 1.165) is 16.5 Å². The maximum atomic E-state index is 12.9. The lowest BCUT2D eigenvalue weighted by Gasteiger charge is -2.17. The average Bonchev–Trinajstić information content (AvgIpc) is 2.67. The van der Waals surface area contributed by atoms with Crippen LogP contribution in [0, 0.1) is 0 Å². The minimum atomic E-state index is -0.461. The van der Waals surface area contributed by atoms with E-state index >= 15 is 0 Å². The molecule has 0 radical (unpaired) electrons. The molecular weight excluding hydrogens is 316 g/mol. The van der Waals surface area contributed by atoms with Crippen molar-refractivity contribution in [3.05, 3.63) is 66.2 Å². The van der Waals surface area contributed by atoms with Crippen molar-refractivity contribution in [1.82, 2.24) is 9.88 Å². The molecule has 0 unspecified atom stereocenters. The number of nitrogens with zero attached hydrogens (tertiary/aromatic N) is 2. The number of rotatable bonds is 4. The number of amides is 1. The lowest BCUT2D eigenvalue weighted by molar-refractivity contribution is -0.141. The molecule has 126 valence electrons. The molecule has 1 aromatic heterocycles. The molecule has 0 N–H and O–H groups in total. The standard InChI is InChI=1S/C20H18N2O3/c1-22(13-19(23)25-2)20(24)16-12-18(14-8-4-3-5-9-14)21-17-11-7-6-10-15(16)17/h3-12H,13H2,1-2H3. The van der Waals surface area contributed by atoms with Crippen molar-refractivity contribution in [2.75, 3.05) is 20.7 Å². The number of aromatic nitrogens is 1. The smallest absolute Gasteiger partial charge is 0.325 e. The second-order valence-electron chi connectivity index (χ2n) is 5.68. The monoisotopic (exact) mass is 334 g/mol. The number of benzene rings is 2. The topological polar surface area (TPSA) is 59.5 Å². The first-order valence-electron chi connectivity index (χ1n) is 7.87. The fraction of sp³-hybridized carbons (Fsp3) is 0.150. The van der Waals surface area contributed by atoms with E-state index in [2.05, 4.69) is 9.72 Å². The highest BCUT2D eigenvalue weighted by Crippen LogP contribution is 2.25. The molecule has 5 heteroatoms. The minimum Gasteiger partial charge on any atom is -0.468 e. The Morgan fingerprint density at radius 2 is 1.72 bits per heavy atom. The molecule has 3 aromatic rings. The van der Waals surface area contributed by atoms with Gasteiger partial charge < -0.3 is 9.64 Å². The first kappa shape index (κ1) is 16.6. The van der Waals surface area contributed by atoms with Crippen LogP contribution in [0.1, 0.15) is 10.4 Å². The van der Waals surface area contributed by atoms with Gasteiger partial charge in [0.1, 0.15) is 6.54 Å². The number of para-hydroxylation sites is 1. The average molecular weight is 334 g/mol. The van der Waals surface area contributed by atoms with E-state index in [1.54, 1.807) is 13.1 Å². The van der Waals surface area contributed by atoms with Crippen LogP contribution in [-0.4, -0.2) is 42.5 Å². The van der Waals surface area contributed by atoms with E-state index < -0.39 is 5.97 Å². The quantitative estimate of drug-likeness (QED) is 0.688. The van der Waals surface area contributed by atoms with Crippen LogP contribution in [0.15, 0.2) is 60.7 Å². The van der Waals surface area contributed by atoms with E-state index in [1.807, 2.05) is 54.6 Å². The largest absolute Gasteiger partial charge is 0.468 e. The Hall–Kier alpha value is -3.21. The predicted molar refractivity (Wildman–Crippen MR) is 96.2 cm³/mol. The van der Waals surface area contributed by atoms with Crippen molar-refractivity contribution < 1.29 is 14.3 Å². The van der Waals surface area contributed by atoms with Gasteiger partial charge in [0.15, 0.2) is 0 Å². The van der Waals surface area contributed by atoms with Crippen LogP contribution < -0.4 is 0 Å². The summed E-state index contributed by atoms with van der Waals surface area (Å²) in [5.41, 5.74) is 2.89. The fourth-order valence-corrected chi connectivity index (χ4v) is 2.64. The first-order valence-corrected chi connectivity index (χ1v) is 7.87. The third-order valence-corrected chi connectivity index (χ3v) is 3.96. The number of hydrogen-bond acceptors (Lipinski definition) is 4. The summed E-state index contributed by atoms with van der Waals surface area (Å²) in [5.74, 6) is -0.710. The van der Waals surface area contributed by atoms with Gasteiger partial charge in [-0.2, -0.15) is 0 Å². The van der Waals surface area contributed by atoms with Crippen molar-refractivity contribution in [2.24, 2.45) is 0 Å². The Morgan fingerprint density at radius 1 is 1.04 bits per heavy atom. The SMILES string of the molecule is COC(=O)CN(C)C(=O)c1cc(-c2ccccc2)nc2ccccc12. The maximum Gasteiger partial charge on any atom is 0.325 e.